The molecule has 2 aromatic heterocycles. The van der Waals surface area contributed by atoms with Gasteiger partial charge in [-0.2, -0.15) is 0 Å². The first kappa shape index (κ1) is 17.9. The van der Waals surface area contributed by atoms with E-state index in [0.717, 1.165) is 37.3 Å². The van der Waals surface area contributed by atoms with E-state index in [4.69, 9.17) is 4.42 Å². The van der Waals surface area contributed by atoms with Crippen LogP contribution in [0.15, 0.2) is 47.3 Å². The Morgan fingerprint density at radius 1 is 1.14 bits per heavy atom. The number of rotatable bonds is 4. The van der Waals surface area contributed by atoms with Crippen LogP contribution >= 0.6 is 0 Å². The lowest BCUT2D eigenvalue weighted by atomic mass is 10.1. The van der Waals surface area contributed by atoms with Gasteiger partial charge in [0.05, 0.1) is 6.20 Å². The number of nitrogens with zero attached hydrogens (tertiary/aromatic N) is 5. The number of aryl methyl sites for hydroxylation is 1. The number of hydrogen-bond donors (Lipinski definition) is 2. The normalized spacial score (nSPS) is 14.7. The first-order valence-corrected chi connectivity index (χ1v) is 9.16. The summed E-state index contributed by atoms with van der Waals surface area (Å²) in [4.78, 5) is 22.9. The van der Waals surface area contributed by atoms with E-state index >= 15 is 0 Å². The molecule has 4 rings (SSSR count). The fourth-order valence-electron chi connectivity index (χ4n) is 3.17. The number of urea groups is 1. The second-order valence-electron chi connectivity index (χ2n) is 6.63. The summed E-state index contributed by atoms with van der Waals surface area (Å²) < 4.78 is 5.40. The third kappa shape index (κ3) is 4.25. The summed E-state index contributed by atoms with van der Waals surface area (Å²) in [5.41, 5.74) is 1.51. The van der Waals surface area contributed by atoms with Gasteiger partial charge in [0, 0.05) is 49.7 Å². The monoisotopic (exact) mass is 379 g/mol. The molecular weight excluding hydrogens is 358 g/mol. The van der Waals surface area contributed by atoms with E-state index in [1.54, 1.807) is 25.5 Å². The molecule has 0 atom stereocenters. The van der Waals surface area contributed by atoms with Crippen LogP contribution in [0.1, 0.15) is 18.7 Å². The number of carbonyl (C=O) groups is 1. The molecule has 0 bridgehead atoms. The first-order valence-electron chi connectivity index (χ1n) is 9.16. The highest BCUT2D eigenvalue weighted by molar-refractivity contribution is 5.89. The van der Waals surface area contributed by atoms with Gasteiger partial charge in [-0.15, -0.1) is 10.2 Å². The summed E-state index contributed by atoms with van der Waals surface area (Å²) in [5.74, 6) is 1.85. The van der Waals surface area contributed by atoms with Crippen molar-refractivity contribution in [3.8, 4) is 11.5 Å². The van der Waals surface area contributed by atoms with Gasteiger partial charge in [-0.05, 0) is 37.1 Å². The lowest BCUT2D eigenvalue weighted by Crippen LogP contribution is -2.46. The lowest BCUT2D eigenvalue weighted by molar-refractivity contribution is 0.246. The molecule has 1 aliphatic heterocycles. The van der Waals surface area contributed by atoms with Crippen molar-refractivity contribution < 1.29 is 9.21 Å². The van der Waals surface area contributed by atoms with Crippen LogP contribution in [0.25, 0.3) is 11.5 Å². The number of hydrogen-bond acceptors (Lipinski definition) is 7. The van der Waals surface area contributed by atoms with Crippen LogP contribution < -0.4 is 15.5 Å². The average Bonchev–Trinajstić information content (AvgIpc) is 3.16. The molecule has 1 fully saturated rings. The second-order valence-corrected chi connectivity index (χ2v) is 6.63. The summed E-state index contributed by atoms with van der Waals surface area (Å²) in [5, 5.41) is 13.7. The standard InChI is InChI=1S/C19H21N7O2/c1-13-24-25-18(28-13)14-2-4-15(5-3-14)22-19(27)23-16-6-10-26(11-7-16)17-12-20-8-9-21-17/h2-5,8-9,12,16H,6-7,10-11H2,1H3,(H2,22,23,27). The maximum absolute atomic E-state index is 12.3. The van der Waals surface area contributed by atoms with Gasteiger partial charge in [0.1, 0.15) is 5.82 Å². The third-order valence-corrected chi connectivity index (χ3v) is 4.62. The van der Waals surface area contributed by atoms with Crippen molar-refractivity contribution in [2.45, 2.75) is 25.8 Å². The quantitative estimate of drug-likeness (QED) is 0.717. The highest BCUT2D eigenvalue weighted by atomic mass is 16.4. The van der Waals surface area contributed by atoms with Crippen molar-refractivity contribution in [3.63, 3.8) is 0 Å². The topological polar surface area (TPSA) is 109 Å². The predicted octanol–water partition coefficient (Wildman–Crippen LogP) is 2.63. The van der Waals surface area contributed by atoms with Gasteiger partial charge >= 0.3 is 6.03 Å². The van der Waals surface area contributed by atoms with E-state index in [-0.39, 0.29) is 12.1 Å². The number of nitrogens with one attached hydrogen (secondary N) is 2. The van der Waals surface area contributed by atoms with Crippen molar-refractivity contribution in [1.82, 2.24) is 25.5 Å². The van der Waals surface area contributed by atoms with Crippen molar-refractivity contribution in [3.05, 3.63) is 48.7 Å². The average molecular weight is 379 g/mol. The third-order valence-electron chi connectivity index (χ3n) is 4.62. The molecule has 0 saturated carbocycles. The van der Waals surface area contributed by atoms with Gasteiger partial charge in [-0.3, -0.25) is 4.98 Å². The Hall–Kier alpha value is -3.49. The molecule has 28 heavy (non-hydrogen) atoms. The van der Waals surface area contributed by atoms with Crippen molar-refractivity contribution in [2.24, 2.45) is 0 Å². The van der Waals surface area contributed by atoms with Gasteiger partial charge in [0.2, 0.25) is 11.8 Å². The Labute approximate surface area is 162 Å². The molecule has 1 saturated heterocycles. The zero-order valence-corrected chi connectivity index (χ0v) is 15.5. The Morgan fingerprint density at radius 3 is 2.57 bits per heavy atom. The predicted molar refractivity (Wildman–Crippen MR) is 104 cm³/mol. The van der Waals surface area contributed by atoms with Gasteiger partial charge < -0.3 is 20.0 Å². The van der Waals surface area contributed by atoms with Crippen LogP contribution in [-0.4, -0.2) is 45.3 Å². The van der Waals surface area contributed by atoms with E-state index < -0.39 is 0 Å². The fraction of sp³-hybridized carbons (Fsp3) is 0.316. The lowest BCUT2D eigenvalue weighted by Gasteiger charge is -2.32. The van der Waals surface area contributed by atoms with E-state index in [1.807, 2.05) is 24.3 Å². The number of benzene rings is 1. The Balaban J connectivity index is 1.27. The zero-order valence-electron chi connectivity index (χ0n) is 15.5. The van der Waals surface area contributed by atoms with E-state index in [2.05, 4.69) is 35.7 Å². The van der Waals surface area contributed by atoms with Crippen molar-refractivity contribution in [2.75, 3.05) is 23.3 Å². The number of aromatic nitrogens is 4. The summed E-state index contributed by atoms with van der Waals surface area (Å²) in [6.45, 7) is 3.42. The molecule has 0 unspecified atom stereocenters. The molecule has 2 N–H and O–H groups in total. The molecule has 1 aromatic carbocycles. The van der Waals surface area contributed by atoms with Gasteiger partial charge in [-0.1, -0.05) is 0 Å². The molecule has 0 aliphatic carbocycles. The zero-order chi connectivity index (χ0) is 19.3. The van der Waals surface area contributed by atoms with Crippen LogP contribution in [0.5, 0.6) is 0 Å². The highest BCUT2D eigenvalue weighted by Crippen LogP contribution is 2.20. The summed E-state index contributed by atoms with van der Waals surface area (Å²) in [7, 11) is 0. The van der Waals surface area contributed by atoms with Gasteiger partial charge in [0.15, 0.2) is 0 Å². The summed E-state index contributed by atoms with van der Waals surface area (Å²) >= 11 is 0. The van der Waals surface area contributed by atoms with Gasteiger partial charge in [-0.25, -0.2) is 9.78 Å². The molecule has 1 aliphatic rings. The molecule has 0 spiro atoms. The molecule has 3 heterocycles. The SMILES string of the molecule is Cc1nnc(-c2ccc(NC(=O)NC3CCN(c4cnccn4)CC3)cc2)o1. The molecule has 144 valence electrons. The minimum Gasteiger partial charge on any atom is -0.421 e. The fourth-order valence-corrected chi connectivity index (χ4v) is 3.17. The smallest absolute Gasteiger partial charge is 0.319 e. The number of amides is 2. The Morgan fingerprint density at radius 2 is 1.93 bits per heavy atom. The summed E-state index contributed by atoms with van der Waals surface area (Å²) in [6, 6.07) is 7.22. The molecule has 9 heteroatoms. The largest absolute Gasteiger partial charge is 0.421 e. The van der Waals surface area contributed by atoms with Crippen molar-refractivity contribution in [1.29, 1.82) is 0 Å². The van der Waals surface area contributed by atoms with Crippen LogP contribution in [0.2, 0.25) is 0 Å². The van der Waals surface area contributed by atoms with Crippen LogP contribution in [0.3, 0.4) is 0 Å². The molecule has 9 nitrogen and oxygen atoms in total. The minimum atomic E-state index is -0.209. The maximum atomic E-state index is 12.3. The van der Waals surface area contributed by atoms with E-state index in [9.17, 15) is 4.79 Å². The Bertz CT molecular complexity index is 919. The van der Waals surface area contributed by atoms with Crippen LogP contribution in [0.4, 0.5) is 16.3 Å². The van der Waals surface area contributed by atoms with E-state index in [0.29, 0.717) is 17.5 Å². The van der Waals surface area contributed by atoms with Crippen molar-refractivity contribution >= 4 is 17.5 Å². The molecule has 0 radical (unpaired) electrons. The van der Waals surface area contributed by atoms with Crippen LogP contribution in [-0.2, 0) is 0 Å². The number of carbonyl (C=O) groups excluding carboxylic acids is 1. The molecule has 2 amide bonds. The van der Waals surface area contributed by atoms with Crippen LogP contribution in [0, 0.1) is 6.92 Å². The molecule has 3 aromatic rings. The summed E-state index contributed by atoms with van der Waals surface area (Å²) in [6.07, 6.45) is 6.84. The van der Waals surface area contributed by atoms with Gasteiger partial charge in [0.25, 0.3) is 0 Å². The molecular formula is C19H21N7O2. The minimum absolute atomic E-state index is 0.133. The highest BCUT2D eigenvalue weighted by Gasteiger charge is 2.21. The Kier molecular flexibility index (Phi) is 5.14. The first-order chi connectivity index (χ1) is 13.7. The maximum Gasteiger partial charge on any atom is 0.319 e. The van der Waals surface area contributed by atoms with E-state index in [1.165, 1.54) is 0 Å². The number of piperidine rings is 1. The second kappa shape index (κ2) is 8.03. The number of anilines is 2.